The van der Waals surface area contributed by atoms with Crippen LogP contribution >= 0.6 is 0 Å². The van der Waals surface area contributed by atoms with Crippen molar-refractivity contribution in [2.75, 3.05) is 0 Å². The normalized spacial score (nSPS) is 11.1. The molecule has 2 aromatic carbocycles. The molecule has 0 aromatic heterocycles. The van der Waals surface area contributed by atoms with Crippen molar-refractivity contribution in [3.8, 4) is 18.2 Å². The standard InChI is InChI=1S/C16H9N3/c1-11(8-17)12-2-3-14-7-15(16(9-18)10-19)5-4-13(14)6-12/h2-7H,1H3/b12-11+. The monoisotopic (exact) mass is 243 g/mol. The van der Waals surface area contributed by atoms with Gasteiger partial charge in [-0.25, -0.2) is 0 Å². The van der Waals surface area contributed by atoms with E-state index < -0.39 is 0 Å². The van der Waals surface area contributed by atoms with Gasteiger partial charge in [-0.3, -0.25) is 0 Å². The second kappa shape index (κ2) is 5.05. The fourth-order valence-electron chi connectivity index (χ4n) is 1.85. The van der Waals surface area contributed by atoms with E-state index in [1.165, 1.54) is 0 Å². The molecular formula is C16H9N3. The molecule has 0 fully saturated rings. The maximum absolute atomic E-state index is 8.88. The Morgan fingerprint density at radius 1 is 0.789 bits per heavy atom. The first kappa shape index (κ1) is 12.4. The molecule has 0 atom stereocenters. The molecule has 0 saturated carbocycles. The van der Waals surface area contributed by atoms with E-state index in [-0.39, 0.29) is 5.57 Å². The van der Waals surface area contributed by atoms with Crippen molar-refractivity contribution < 1.29 is 0 Å². The molecule has 0 unspecified atom stereocenters. The lowest BCUT2D eigenvalue weighted by Gasteiger charge is -1.98. The molecule has 0 heterocycles. The lowest BCUT2D eigenvalue weighted by atomic mass is 10.1. The number of nitriles is 3. The van der Waals surface area contributed by atoms with Gasteiger partial charge >= 0.3 is 0 Å². The average molecular weight is 243 g/mol. The highest BCUT2D eigenvalue weighted by Crippen LogP contribution is 2.08. The Bertz CT molecular complexity index is 884. The van der Waals surface area contributed by atoms with Crippen LogP contribution in [0.1, 0.15) is 6.92 Å². The predicted octanol–water partition coefficient (Wildman–Crippen LogP) is 1.73. The Balaban J connectivity index is 2.82. The van der Waals surface area contributed by atoms with Crippen molar-refractivity contribution in [1.82, 2.24) is 0 Å². The second-order valence-electron chi connectivity index (χ2n) is 4.11. The number of hydrogen-bond donors (Lipinski definition) is 0. The summed E-state index contributed by atoms with van der Waals surface area (Å²) in [5.41, 5.74) is 0.762. The molecule has 88 valence electrons. The second-order valence-corrected chi connectivity index (χ2v) is 4.11. The molecular weight excluding hydrogens is 234 g/mol. The van der Waals surface area contributed by atoms with Gasteiger partial charge in [-0.15, -0.1) is 0 Å². The van der Waals surface area contributed by atoms with Crippen LogP contribution in [0.2, 0.25) is 0 Å². The first-order valence-electron chi connectivity index (χ1n) is 5.65. The van der Waals surface area contributed by atoms with Gasteiger partial charge in [-0.05, 0) is 35.0 Å². The predicted molar refractivity (Wildman–Crippen MR) is 72.5 cm³/mol. The third-order valence-electron chi connectivity index (χ3n) is 2.95. The van der Waals surface area contributed by atoms with Gasteiger partial charge in [0.25, 0.3) is 0 Å². The van der Waals surface area contributed by atoms with Crippen molar-refractivity contribution in [2.24, 2.45) is 0 Å². The zero-order valence-corrected chi connectivity index (χ0v) is 10.3. The number of benzene rings is 2. The lowest BCUT2D eigenvalue weighted by molar-refractivity contribution is 1.49. The minimum atomic E-state index is 0.103. The van der Waals surface area contributed by atoms with E-state index in [4.69, 9.17) is 15.8 Å². The summed E-state index contributed by atoms with van der Waals surface area (Å²) in [5.74, 6) is 0. The van der Waals surface area contributed by atoms with Crippen LogP contribution in [0, 0.1) is 34.0 Å². The molecule has 0 spiro atoms. The summed E-state index contributed by atoms with van der Waals surface area (Å²) >= 11 is 0. The van der Waals surface area contributed by atoms with Crippen molar-refractivity contribution >= 4 is 21.9 Å². The van der Waals surface area contributed by atoms with Gasteiger partial charge in [-0.1, -0.05) is 24.3 Å². The summed E-state index contributed by atoms with van der Waals surface area (Å²) in [6, 6.07) is 17.0. The third-order valence-corrected chi connectivity index (χ3v) is 2.95. The van der Waals surface area contributed by atoms with Crippen LogP contribution in [0.25, 0.3) is 21.9 Å². The molecule has 0 aliphatic heterocycles. The van der Waals surface area contributed by atoms with Gasteiger partial charge in [0.05, 0.1) is 6.07 Å². The SMILES string of the molecule is C/C(C#N)=c1/ccc2cc(=C(C#N)C#N)ccc2c1. The maximum Gasteiger partial charge on any atom is 0.136 e. The Morgan fingerprint density at radius 2 is 1.32 bits per heavy atom. The van der Waals surface area contributed by atoms with Crippen LogP contribution in [-0.2, 0) is 0 Å². The Labute approximate surface area is 110 Å². The zero-order valence-electron chi connectivity index (χ0n) is 10.3. The molecule has 19 heavy (non-hydrogen) atoms. The lowest BCUT2D eigenvalue weighted by Crippen LogP contribution is -2.06. The Morgan fingerprint density at radius 3 is 1.84 bits per heavy atom. The van der Waals surface area contributed by atoms with Crippen LogP contribution in [0.5, 0.6) is 0 Å². The van der Waals surface area contributed by atoms with Crippen molar-refractivity contribution in [3.63, 3.8) is 0 Å². The summed E-state index contributed by atoms with van der Waals surface area (Å²) in [6.07, 6.45) is 0. The maximum atomic E-state index is 8.88. The highest BCUT2D eigenvalue weighted by atomic mass is 14.3. The van der Waals surface area contributed by atoms with E-state index in [2.05, 4.69) is 6.07 Å². The molecule has 0 amide bonds. The summed E-state index contributed by atoms with van der Waals surface area (Å²) in [4.78, 5) is 0. The molecule has 2 aromatic rings. The quantitative estimate of drug-likeness (QED) is 0.707. The molecule has 3 heteroatoms. The first-order valence-corrected chi connectivity index (χ1v) is 5.65. The van der Waals surface area contributed by atoms with Crippen LogP contribution in [-0.4, -0.2) is 0 Å². The molecule has 0 radical (unpaired) electrons. The van der Waals surface area contributed by atoms with Crippen LogP contribution in [0.4, 0.5) is 0 Å². The topological polar surface area (TPSA) is 71.4 Å². The smallest absolute Gasteiger partial charge is 0.136 e. The van der Waals surface area contributed by atoms with Crippen LogP contribution < -0.4 is 10.4 Å². The molecule has 0 aliphatic rings. The van der Waals surface area contributed by atoms with Gasteiger partial charge in [-0.2, -0.15) is 15.8 Å². The Hall–Kier alpha value is -3.09. The van der Waals surface area contributed by atoms with Gasteiger partial charge in [0.1, 0.15) is 17.7 Å². The van der Waals surface area contributed by atoms with Crippen molar-refractivity contribution in [3.05, 3.63) is 46.8 Å². The zero-order chi connectivity index (χ0) is 13.8. The summed E-state index contributed by atoms with van der Waals surface area (Å²) < 4.78 is 0. The molecule has 2 rings (SSSR count). The number of hydrogen-bond acceptors (Lipinski definition) is 3. The molecule has 0 bridgehead atoms. The van der Waals surface area contributed by atoms with Crippen molar-refractivity contribution in [1.29, 1.82) is 15.8 Å². The van der Waals surface area contributed by atoms with Crippen LogP contribution in [0.15, 0.2) is 36.4 Å². The highest BCUT2D eigenvalue weighted by molar-refractivity contribution is 5.85. The molecule has 3 nitrogen and oxygen atoms in total. The van der Waals surface area contributed by atoms with E-state index in [1.54, 1.807) is 13.0 Å². The Kier molecular flexibility index (Phi) is 3.29. The van der Waals surface area contributed by atoms with Crippen molar-refractivity contribution in [2.45, 2.75) is 6.92 Å². The van der Waals surface area contributed by atoms with E-state index in [1.807, 2.05) is 42.5 Å². The van der Waals surface area contributed by atoms with E-state index >= 15 is 0 Å². The molecule has 0 N–H and O–H groups in total. The van der Waals surface area contributed by atoms with Gasteiger partial charge in [0, 0.05) is 10.8 Å². The average Bonchev–Trinajstić information content (AvgIpc) is 2.47. The van der Waals surface area contributed by atoms with E-state index in [0.717, 1.165) is 16.0 Å². The van der Waals surface area contributed by atoms with E-state index in [0.29, 0.717) is 10.8 Å². The summed E-state index contributed by atoms with van der Waals surface area (Å²) in [5, 5.41) is 30.0. The molecule has 0 saturated heterocycles. The van der Waals surface area contributed by atoms with Gasteiger partial charge in [0.15, 0.2) is 0 Å². The summed E-state index contributed by atoms with van der Waals surface area (Å²) in [6.45, 7) is 1.77. The fraction of sp³-hybridized carbons (Fsp3) is 0.0625. The number of fused-ring (bicyclic) bond motifs is 1. The summed E-state index contributed by atoms with van der Waals surface area (Å²) in [7, 11) is 0. The fourth-order valence-corrected chi connectivity index (χ4v) is 1.85. The third kappa shape index (κ3) is 2.29. The van der Waals surface area contributed by atoms with Gasteiger partial charge in [0.2, 0.25) is 0 Å². The number of rotatable bonds is 0. The van der Waals surface area contributed by atoms with E-state index in [9.17, 15) is 0 Å². The largest absolute Gasteiger partial charge is 0.193 e. The van der Waals surface area contributed by atoms with Gasteiger partial charge < -0.3 is 0 Å². The minimum Gasteiger partial charge on any atom is -0.193 e. The molecule has 0 aliphatic carbocycles. The minimum absolute atomic E-state index is 0.103. The van der Waals surface area contributed by atoms with Crippen LogP contribution in [0.3, 0.4) is 0 Å². The highest BCUT2D eigenvalue weighted by Gasteiger charge is 1.98. The first-order chi connectivity index (χ1) is 9.19. The number of nitrogens with zero attached hydrogens (tertiary/aromatic N) is 3.